The van der Waals surface area contributed by atoms with E-state index in [0.29, 0.717) is 16.7 Å². The lowest BCUT2D eigenvalue weighted by molar-refractivity contribution is 0.597. The van der Waals surface area contributed by atoms with E-state index in [0.717, 1.165) is 17.7 Å². The Balaban J connectivity index is 1.87. The Morgan fingerprint density at radius 3 is 2.12 bits per heavy atom. The Hall–Kier alpha value is -3.71. The molecule has 0 amide bonds. The monoisotopic (exact) mass is 442 g/mol. The minimum absolute atomic E-state index is 0.0193. The van der Waals surface area contributed by atoms with Gasteiger partial charge in [-0.15, -0.1) is 0 Å². The maximum absolute atomic E-state index is 13.7. The third-order valence-corrected chi connectivity index (χ3v) is 7.49. The number of aromatic nitrogens is 3. The van der Waals surface area contributed by atoms with Crippen LogP contribution in [0.25, 0.3) is 27.9 Å². The Bertz CT molecular complexity index is 1570. The van der Waals surface area contributed by atoms with Crippen molar-refractivity contribution in [2.24, 2.45) is 0 Å². The van der Waals surface area contributed by atoms with Gasteiger partial charge in [0.25, 0.3) is 0 Å². The van der Waals surface area contributed by atoms with E-state index in [9.17, 15) is 8.42 Å². The molecule has 7 heteroatoms. The first-order valence-electron chi connectivity index (χ1n) is 10.4. The lowest BCUT2D eigenvalue weighted by Crippen LogP contribution is -2.07. The second kappa shape index (κ2) is 7.46. The van der Waals surface area contributed by atoms with Gasteiger partial charge in [-0.2, -0.15) is 0 Å². The van der Waals surface area contributed by atoms with E-state index >= 15 is 0 Å². The number of para-hydroxylation sites is 2. The van der Waals surface area contributed by atoms with Crippen LogP contribution in [0.4, 0.5) is 5.82 Å². The number of anilines is 1. The largest absolute Gasteiger partial charge is 0.384 e. The fourth-order valence-electron chi connectivity index (χ4n) is 3.88. The van der Waals surface area contributed by atoms with E-state index in [1.165, 1.54) is 5.56 Å². The highest BCUT2D eigenvalue weighted by Gasteiger charge is 2.30. The van der Waals surface area contributed by atoms with Crippen LogP contribution < -0.4 is 5.73 Å². The van der Waals surface area contributed by atoms with E-state index in [1.54, 1.807) is 28.8 Å². The molecule has 0 unspecified atom stereocenters. The second-order valence-electron chi connectivity index (χ2n) is 7.77. The van der Waals surface area contributed by atoms with Crippen LogP contribution in [0.5, 0.6) is 0 Å². The molecule has 2 heterocycles. The Morgan fingerprint density at radius 2 is 1.50 bits per heavy atom. The molecule has 6 nitrogen and oxygen atoms in total. The minimum atomic E-state index is -3.93. The van der Waals surface area contributed by atoms with E-state index in [-0.39, 0.29) is 21.1 Å². The van der Waals surface area contributed by atoms with Gasteiger partial charge in [-0.05, 0) is 55.3 Å². The van der Waals surface area contributed by atoms with Crippen LogP contribution >= 0.6 is 0 Å². The van der Waals surface area contributed by atoms with Crippen molar-refractivity contribution in [3.05, 3.63) is 83.9 Å². The molecule has 0 saturated heterocycles. The predicted molar refractivity (Wildman–Crippen MR) is 127 cm³/mol. The molecular weight excluding hydrogens is 420 g/mol. The molecule has 3 aromatic carbocycles. The van der Waals surface area contributed by atoms with Crippen LogP contribution in [-0.2, 0) is 16.3 Å². The van der Waals surface area contributed by atoms with Crippen LogP contribution in [0, 0.1) is 6.92 Å². The third-order valence-electron chi connectivity index (χ3n) is 5.66. The second-order valence-corrected chi connectivity index (χ2v) is 9.66. The van der Waals surface area contributed by atoms with Gasteiger partial charge in [-0.3, -0.25) is 4.57 Å². The molecule has 0 aliphatic rings. The molecule has 0 radical (unpaired) electrons. The number of rotatable bonds is 4. The number of hydrogen-bond acceptors (Lipinski definition) is 5. The summed E-state index contributed by atoms with van der Waals surface area (Å²) in [6.07, 6.45) is 0.902. The molecular formula is C25H22N4O2S. The summed E-state index contributed by atoms with van der Waals surface area (Å²) < 4.78 is 29.1. The Kier molecular flexibility index (Phi) is 4.71. The molecule has 0 atom stereocenters. The van der Waals surface area contributed by atoms with Crippen LogP contribution in [0.3, 0.4) is 0 Å². The number of aryl methyl sites for hydroxylation is 2. The van der Waals surface area contributed by atoms with Gasteiger partial charge in [0.2, 0.25) is 9.84 Å². The standard InChI is InChI=1S/C25H22N4O2S/c1-3-17-10-12-18(13-11-17)29-24(26)23(32(30,31)19-14-8-16(2)9-15-19)22-25(29)28-21-7-5-4-6-20(21)27-22/h4-15H,3,26H2,1-2H3. The summed E-state index contributed by atoms with van der Waals surface area (Å²) in [4.78, 5) is 9.59. The van der Waals surface area contributed by atoms with Gasteiger partial charge in [0.05, 0.1) is 15.9 Å². The highest BCUT2D eigenvalue weighted by molar-refractivity contribution is 7.92. The smallest absolute Gasteiger partial charge is 0.212 e. The summed E-state index contributed by atoms with van der Waals surface area (Å²) >= 11 is 0. The maximum Gasteiger partial charge on any atom is 0.212 e. The average molecular weight is 443 g/mol. The quantitative estimate of drug-likeness (QED) is 0.429. The molecule has 5 aromatic rings. The maximum atomic E-state index is 13.7. The number of fused-ring (bicyclic) bond motifs is 2. The molecule has 0 saturated carbocycles. The van der Waals surface area contributed by atoms with Gasteiger partial charge in [0, 0.05) is 5.69 Å². The lowest BCUT2D eigenvalue weighted by atomic mass is 10.1. The van der Waals surface area contributed by atoms with Crippen LogP contribution in [0.2, 0.25) is 0 Å². The number of nitrogens with zero attached hydrogens (tertiary/aromatic N) is 3. The van der Waals surface area contributed by atoms with E-state index in [2.05, 4.69) is 11.9 Å². The van der Waals surface area contributed by atoms with Crippen LogP contribution in [0.15, 0.2) is 82.6 Å². The van der Waals surface area contributed by atoms with Crippen molar-refractivity contribution in [2.75, 3.05) is 5.73 Å². The molecule has 2 N–H and O–H groups in total. The first-order valence-corrected chi connectivity index (χ1v) is 11.9. The van der Waals surface area contributed by atoms with Crippen molar-refractivity contribution < 1.29 is 8.42 Å². The summed E-state index contributed by atoms with van der Waals surface area (Å²) in [6, 6.07) is 22.0. The molecule has 2 aromatic heterocycles. The average Bonchev–Trinajstić information content (AvgIpc) is 3.09. The highest BCUT2D eigenvalue weighted by Crippen LogP contribution is 2.37. The van der Waals surface area contributed by atoms with Gasteiger partial charge < -0.3 is 5.73 Å². The topological polar surface area (TPSA) is 90.9 Å². The van der Waals surface area contributed by atoms with Gasteiger partial charge in [0.15, 0.2) is 5.65 Å². The van der Waals surface area contributed by atoms with Crippen molar-refractivity contribution in [1.29, 1.82) is 0 Å². The summed E-state index contributed by atoms with van der Waals surface area (Å²) in [5.74, 6) is 0.0973. The molecule has 0 bridgehead atoms. The third kappa shape index (κ3) is 3.13. The number of nitrogen functional groups attached to an aromatic ring is 1. The first-order chi connectivity index (χ1) is 15.4. The van der Waals surface area contributed by atoms with Crippen LogP contribution in [0.1, 0.15) is 18.1 Å². The zero-order chi connectivity index (χ0) is 22.5. The number of nitrogens with two attached hydrogens (primary N) is 1. The Morgan fingerprint density at radius 1 is 0.875 bits per heavy atom. The molecule has 5 rings (SSSR count). The first kappa shape index (κ1) is 20.2. The van der Waals surface area contributed by atoms with Gasteiger partial charge in [-0.25, -0.2) is 18.4 Å². The number of sulfone groups is 1. The van der Waals surface area contributed by atoms with Gasteiger partial charge in [-0.1, -0.05) is 48.9 Å². The summed E-state index contributed by atoms with van der Waals surface area (Å²) in [5, 5.41) is 0. The molecule has 0 spiro atoms. The van der Waals surface area contributed by atoms with E-state index in [1.807, 2.05) is 55.5 Å². The van der Waals surface area contributed by atoms with Crippen molar-refractivity contribution >= 4 is 37.9 Å². The SMILES string of the molecule is CCc1ccc(-n2c(N)c(S(=O)(=O)c3ccc(C)cc3)c3nc4ccccc4nc32)cc1. The molecule has 32 heavy (non-hydrogen) atoms. The van der Waals surface area contributed by atoms with Crippen LogP contribution in [-0.4, -0.2) is 23.0 Å². The van der Waals surface area contributed by atoms with Crippen molar-refractivity contribution in [3.63, 3.8) is 0 Å². The fraction of sp³-hybridized carbons (Fsp3) is 0.120. The molecule has 0 aliphatic heterocycles. The minimum Gasteiger partial charge on any atom is -0.384 e. The van der Waals surface area contributed by atoms with E-state index < -0.39 is 9.84 Å². The molecule has 160 valence electrons. The Labute approximate surface area is 186 Å². The number of hydrogen-bond donors (Lipinski definition) is 1. The van der Waals surface area contributed by atoms with Crippen molar-refractivity contribution in [1.82, 2.24) is 14.5 Å². The zero-order valence-corrected chi connectivity index (χ0v) is 18.6. The highest BCUT2D eigenvalue weighted by atomic mass is 32.2. The summed E-state index contributed by atoms with van der Waals surface area (Å²) in [5.41, 5.74) is 11.4. The van der Waals surface area contributed by atoms with E-state index in [4.69, 9.17) is 10.7 Å². The summed E-state index contributed by atoms with van der Waals surface area (Å²) in [6.45, 7) is 3.99. The lowest BCUT2D eigenvalue weighted by Gasteiger charge is -2.09. The van der Waals surface area contributed by atoms with Gasteiger partial charge >= 0.3 is 0 Å². The fourth-order valence-corrected chi connectivity index (χ4v) is 5.37. The number of benzene rings is 3. The van der Waals surface area contributed by atoms with Crippen molar-refractivity contribution in [3.8, 4) is 5.69 Å². The zero-order valence-electron chi connectivity index (χ0n) is 17.8. The van der Waals surface area contributed by atoms with Gasteiger partial charge in [0.1, 0.15) is 16.2 Å². The van der Waals surface area contributed by atoms with Crippen molar-refractivity contribution in [2.45, 2.75) is 30.1 Å². The summed E-state index contributed by atoms with van der Waals surface area (Å²) in [7, 11) is -3.93. The normalized spacial score (nSPS) is 11.9. The predicted octanol–water partition coefficient (Wildman–Crippen LogP) is 4.86. The molecule has 0 fully saturated rings. The molecule has 0 aliphatic carbocycles.